The molecule has 0 aliphatic carbocycles. The summed E-state index contributed by atoms with van der Waals surface area (Å²) >= 11 is 6.38. The van der Waals surface area contributed by atoms with E-state index in [2.05, 4.69) is 11.6 Å². The van der Waals surface area contributed by atoms with Gasteiger partial charge < -0.3 is 14.2 Å². The summed E-state index contributed by atoms with van der Waals surface area (Å²) in [6.45, 7) is 8.32. The summed E-state index contributed by atoms with van der Waals surface area (Å²) < 4.78 is 16.6. The second kappa shape index (κ2) is 8.76. The summed E-state index contributed by atoms with van der Waals surface area (Å²) in [6, 6.07) is 12.7. The Balaban J connectivity index is 1.93. The van der Waals surface area contributed by atoms with Crippen LogP contribution in [0.3, 0.4) is 0 Å². The van der Waals surface area contributed by atoms with E-state index in [1.54, 1.807) is 18.2 Å². The number of benzene rings is 2. The molecule has 0 atom stereocenters. The van der Waals surface area contributed by atoms with Gasteiger partial charge in [-0.25, -0.2) is 9.79 Å². The highest BCUT2D eigenvalue weighted by Gasteiger charge is 2.24. The van der Waals surface area contributed by atoms with Gasteiger partial charge in [-0.1, -0.05) is 36.4 Å². The molecule has 0 fully saturated rings. The van der Waals surface area contributed by atoms with Gasteiger partial charge in [0.2, 0.25) is 5.90 Å². The van der Waals surface area contributed by atoms with E-state index < -0.39 is 5.97 Å². The molecule has 1 heterocycles. The zero-order valence-electron chi connectivity index (χ0n) is 15.7. The highest BCUT2D eigenvalue weighted by molar-refractivity contribution is 6.32. The fourth-order valence-corrected chi connectivity index (χ4v) is 2.81. The molecule has 6 heteroatoms. The molecule has 0 saturated carbocycles. The predicted molar refractivity (Wildman–Crippen MR) is 110 cm³/mol. The topological polar surface area (TPSA) is 57.1 Å². The Hall–Kier alpha value is -3.05. The van der Waals surface area contributed by atoms with E-state index in [4.69, 9.17) is 25.8 Å². The predicted octanol–water partition coefficient (Wildman–Crippen LogP) is 5.04. The Bertz CT molecular complexity index is 964. The first-order valence-electron chi connectivity index (χ1n) is 8.79. The number of cyclic esters (lactones) is 1. The van der Waals surface area contributed by atoms with Crippen molar-refractivity contribution in [1.82, 2.24) is 0 Å². The Morgan fingerprint density at radius 2 is 2.00 bits per heavy atom. The van der Waals surface area contributed by atoms with Crippen molar-refractivity contribution in [2.75, 3.05) is 13.2 Å². The van der Waals surface area contributed by atoms with E-state index in [1.165, 1.54) is 0 Å². The monoisotopic (exact) mass is 397 g/mol. The van der Waals surface area contributed by atoms with Gasteiger partial charge in [-0.05, 0) is 55.3 Å². The number of carbonyl (C=O) groups is 1. The Labute approximate surface area is 168 Å². The molecule has 0 saturated heterocycles. The smallest absolute Gasteiger partial charge is 0.363 e. The number of carbonyl (C=O) groups excluding carboxylic acids is 1. The van der Waals surface area contributed by atoms with E-state index >= 15 is 0 Å². The number of ether oxygens (including phenoxy) is 3. The molecule has 0 aromatic heterocycles. The molecule has 0 unspecified atom stereocenters. The summed E-state index contributed by atoms with van der Waals surface area (Å²) in [4.78, 5) is 16.5. The molecule has 1 aliphatic heterocycles. The normalized spacial score (nSPS) is 14.6. The first-order chi connectivity index (χ1) is 13.5. The molecular weight excluding hydrogens is 378 g/mol. The molecule has 3 rings (SSSR count). The first-order valence-corrected chi connectivity index (χ1v) is 9.17. The van der Waals surface area contributed by atoms with Crippen molar-refractivity contribution in [3.05, 3.63) is 76.5 Å². The van der Waals surface area contributed by atoms with Crippen molar-refractivity contribution in [1.29, 1.82) is 0 Å². The van der Waals surface area contributed by atoms with Gasteiger partial charge in [-0.15, -0.1) is 0 Å². The molecular formula is C22H20ClNO4. The highest BCUT2D eigenvalue weighted by Crippen LogP contribution is 2.37. The second-order valence-electron chi connectivity index (χ2n) is 6.21. The van der Waals surface area contributed by atoms with E-state index in [-0.39, 0.29) is 11.6 Å². The van der Waals surface area contributed by atoms with Crippen LogP contribution < -0.4 is 9.47 Å². The van der Waals surface area contributed by atoms with Crippen molar-refractivity contribution in [2.45, 2.75) is 13.8 Å². The van der Waals surface area contributed by atoms with Crippen LogP contribution in [0.15, 0.2) is 65.3 Å². The van der Waals surface area contributed by atoms with Crippen LogP contribution in [-0.4, -0.2) is 25.1 Å². The number of aliphatic imine (C=N–C) groups is 1. The minimum absolute atomic E-state index is 0.188. The standard InChI is InChI=1S/C22H20ClNO4/c1-4-26-19-12-15(10-17(23)20(19)27-13-14(2)3)11-18-22(25)28-21(24-18)16-8-6-5-7-9-16/h5-12H,2,4,13H2,1,3H3/b18-11-. The lowest BCUT2D eigenvalue weighted by Gasteiger charge is -2.14. The van der Waals surface area contributed by atoms with Crippen LogP contribution in [0.5, 0.6) is 11.5 Å². The minimum atomic E-state index is -0.518. The van der Waals surface area contributed by atoms with Gasteiger partial charge >= 0.3 is 5.97 Å². The van der Waals surface area contributed by atoms with E-state index in [0.717, 1.165) is 11.1 Å². The summed E-state index contributed by atoms with van der Waals surface area (Å²) in [5.41, 5.74) is 2.44. The quantitative estimate of drug-likeness (QED) is 0.373. The molecule has 28 heavy (non-hydrogen) atoms. The van der Waals surface area contributed by atoms with Crippen molar-refractivity contribution >= 4 is 29.5 Å². The Morgan fingerprint density at radius 3 is 2.68 bits per heavy atom. The maximum Gasteiger partial charge on any atom is 0.363 e. The third-order valence-corrected chi connectivity index (χ3v) is 4.02. The summed E-state index contributed by atoms with van der Waals surface area (Å²) in [6.07, 6.45) is 1.61. The first kappa shape index (κ1) is 19.7. The minimum Gasteiger partial charge on any atom is -0.490 e. The number of rotatable bonds is 7. The summed E-state index contributed by atoms with van der Waals surface area (Å²) in [5.74, 6) is 0.683. The van der Waals surface area contributed by atoms with Gasteiger partial charge in [-0.3, -0.25) is 0 Å². The van der Waals surface area contributed by atoms with Crippen LogP contribution in [0.25, 0.3) is 6.08 Å². The number of hydrogen-bond acceptors (Lipinski definition) is 5. The average molecular weight is 398 g/mol. The molecule has 0 amide bonds. The van der Waals surface area contributed by atoms with Crippen LogP contribution in [0.2, 0.25) is 5.02 Å². The van der Waals surface area contributed by atoms with Crippen LogP contribution in [0, 0.1) is 0 Å². The zero-order valence-corrected chi connectivity index (χ0v) is 16.5. The van der Waals surface area contributed by atoms with Gasteiger partial charge in [0.1, 0.15) is 6.61 Å². The second-order valence-corrected chi connectivity index (χ2v) is 6.62. The number of nitrogens with zero attached hydrogens (tertiary/aromatic N) is 1. The summed E-state index contributed by atoms with van der Waals surface area (Å²) in [5, 5.41) is 0.373. The molecule has 0 spiro atoms. The number of hydrogen-bond donors (Lipinski definition) is 0. The third kappa shape index (κ3) is 4.61. The molecule has 0 N–H and O–H groups in total. The lowest BCUT2D eigenvalue weighted by Crippen LogP contribution is -2.05. The Morgan fingerprint density at radius 1 is 1.25 bits per heavy atom. The fourth-order valence-electron chi connectivity index (χ4n) is 2.54. The summed E-state index contributed by atoms with van der Waals surface area (Å²) in [7, 11) is 0. The van der Waals surface area contributed by atoms with Crippen LogP contribution in [0.4, 0.5) is 0 Å². The van der Waals surface area contributed by atoms with Gasteiger partial charge in [0.25, 0.3) is 0 Å². The van der Waals surface area contributed by atoms with Crippen molar-refractivity contribution in [2.24, 2.45) is 4.99 Å². The van der Waals surface area contributed by atoms with Crippen LogP contribution in [-0.2, 0) is 9.53 Å². The maximum atomic E-state index is 12.2. The highest BCUT2D eigenvalue weighted by atomic mass is 35.5. The van der Waals surface area contributed by atoms with Gasteiger partial charge in [0.05, 0.1) is 11.6 Å². The van der Waals surface area contributed by atoms with E-state index in [0.29, 0.717) is 35.3 Å². The Kier molecular flexibility index (Phi) is 6.16. The molecule has 144 valence electrons. The van der Waals surface area contributed by atoms with Crippen molar-refractivity contribution in [3.63, 3.8) is 0 Å². The van der Waals surface area contributed by atoms with Gasteiger partial charge in [0.15, 0.2) is 17.2 Å². The number of esters is 1. The maximum absolute atomic E-state index is 12.2. The number of halogens is 1. The van der Waals surface area contributed by atoms with Crippen LogP contribution >= 0.6 is 11.6 Å². The lowest BCUT2D eigenvalue weighted by atomic mass is 10.1. The largest absolute Gasteiger partial charge is 0.490 e. The average Bonchev–Trinajstić information content (AvgIpc) is 3.02. The molecule has 0 radical (unpaired) electrons. The zero-order chi connectivity index (χ0) is 20.1. The van der Waals surface area contributed by atoms with E-state index in [9.17, 15) is 4.79 Å². The molecule has 2 aromatic carbocycles. The van der Waals surface area contributed by atoms with Gasteiger partial charge in [0, 0.05) is 5.56 Å². The lowest BCUT2D eigenvalue weighted by molar-refractivity contribution is -0.129. The van der Waals surface area contributed by atoms with Crippen molar-refractivity contribution in [3.8, 4) is 11.5 Å². The molecule has 2 aromatic rings. The molecule has 1 aliphatic rings. The SMILES string of the molecule is C=C(C)COc1c(Cl)cc(/C=C2\N=C(c3ccccc3)OC2=O)cc1OCC. The van der Waals surface area contributed by atoms with E-state index in [1.807, 2.05) is 44.2 Å². The third-order valence-electron chi connectivity index (χ3n) is 3.74. The molecule has 0 bridgehead atoms. The van der Waals surface area contributed by atoms with Crippen LogP contribution in [0.1, 0.15) is 25.0 Å². The van der Waals surface area contributed by atoms with Crippen molar-refractivity contribution < 1.29 is 19.0 Å². The fraction of sp³-hybridized carbons (Fsp3) is 0.182. The van der Waals surface area contributed by atoms with Gasteiger partial charge in [-0.2, -0.15) is 0 Å². The molecule has 5 nitrogen and oxygen atoms in total.